The lowest BCUT2D eigenvalue weighted by molar-refractivity contribution is 0.286. The molecule has 0 unspecified atom stereocenters. The van der Waals surface area contributed by atoms with Crippen LogP contribution in [0.25, 0.3) is 0 Å². The Labute approximate surface area is 128 Å². The second-order valence-electron chi connectivity index (χ2n) is 4.89. The smallest absolute Gasteiger partial charge is 0.207 e. The Morgan fingerprint density at radius 3 is 2.47 bits per heavy atom. The van der Waals surface area contributed by atoms with E-state index < -0.39 is 10.0 Å². The summed E-state index contributed by atoms with van der Waals surface area (Å²) in [6.45, 7) is 0. The van der Waals surface area contributed by atoms with Crippen molar-refractivity contribution in [2.75, 3.05) is 7.05 Å². The van der Waals surface area contributed by atoms with Crippen LogP contribution in [0.15, 0.2) is 27.6 Å². The van der Waals surface area contributed by atoms with Gasteiger partial charge in [0.05, 0.1) is 5.02 Å². The largest absolute Gasteiger partial charge is 0.244 e. The van der Waals surface area contributed by atoms with Crippen LogP contribution in [0, 0.1) is 0 Å². The van der Waals surface area contributed by atoms with Gasteiger partial charge in [-0.3, -0.25) is 0 Å². The highest BCUT2D eigenvalue weighted by Gasteiger charge is 2.30. The molecule has 0 spiro atoms. The van der Waals surface area contributed by atoms with Gasteiger partial charge in [0.2, 0.25) is 10.0 Å². The molecule has 1 aliphatic rings. The van der Waals surface area contributed by atoms with Crippen LogP contribution in [0.3, 0.4) is 0 Å². The van der Waals surface area contributed by atoms with E-state index in [0.29, 0.717) is 0 Å². The van der Waals surface area contributed by atoms with Crippen LogP contribution in [0.2, 0.25) is 5.02 Å². The van der Waals surface area contributed by atoms with Gasteiger partial charge in [0.1, 0.15) is 4.90 Å². The molecule has 1 aromatic rings. The van der Waals surface area contributed by atoms with Crippen molar-refractivity contribution in [3.63, 3.8) is 0 Å². The average Bonchev–Trinajstić information content (AvgIpc) is 2.38. The first-order valence-electron chi connectivity index (χ1n) is 6.36. The van der Waals surface area contributed by atoms with Crippen LogP contribution >= 0.6 is 27.5 Å². The standard InChI is InChI=1S/C13H17BrClNO2S/c1-16(11-5-3-2-4-6-11)19(17,18)13-8-7-10(14)9-12(13)15/h7-9,11H,2-6H2,1H3. The maximum Gasteiger partial charge on any atom is 0.244 e. The molecule has 0 heterocycles. The number of hydrogen-bond donors (Lipinski definition) is 0. The topological polar surface area (TPSA) is 37.4 Å². The number of hydrogen-bond acceptors (Lipinski definition) is 2. The summed E-state index contributed by atoms with van der Waals surface area (Å²) in [6, 6.07) is 4.97. The predicted molar refractivity (Wildman–Crippen MR) is 81.0 cm³/mol. The van der Waals surface area contributed by atoms with E-state index in [9.17, 15) is 8.42 Å². The molecule has 1 aliphatic carbocycles. The molecule has 1 saturated carbocycles. The summed E-state index contributed by atoms with van der Waals surface area (Å²) in [5.41, 5.74) is 0. The minimum atomic E-state index is -3.51. The molecule has 0 radical (unpaired) electrons. The van der Waals surface area contributed by atoms with Crippen molar-refractivity contribution >= 4 is 37.6 Å². The normalized spacial score (nSPS) is 17.9. The summed E-state index contributed by atoms with van der Waals surface area (Å²) < 4.78 is 27.4. The van der Waals surface area contributed by atoms with E-state index >= 15 is 0 Å². The van der Waals surface area contributed by atoms with Crippen molar-refractivity contribution in [3.05, 3.63) is 27.7 Å². The Morgan fingerprint density at radius 2 is 1.89 bits per heavy atom. The molecule has 19 heavy (non-hydrogen) atoms. The molecule has 1 fully saturated rings. The summed E-state index contributed by atoms with van der Waals surface area (Å²) in [4.78, 5) is 0.186. The number of benzene rings is 1. The minimum Gasteiger partial charge on any atom is -0.207 e. The first-order valence-corrected chi connectivity index (χ1v) is 8.97. The third-order valence-electron chi connectivity index (χ3n) is 3.64. The molecule has 2 rings (SSSR count). The predicted octanol–water partition coefficient (Wildman–Crippen LogP) is 4.06. The van der Waals surface area contributed by atoms with Crippen LogP contribution < -0.4 is 0 Å². The molecular weight excluding hydrogens is 350 g/mol. The van der Waals surface area contributed by atoms with Gasteiger partial charge in [0, 0.05) is 17.6 Å². The molecule has 0 aliphatic heterocycles. The van der Waals surface area contributed by atoms with Crippen LogP contribution in [-0.4, -0.2) is 25.8 Å². The van der Waals surface area contributed by atoms with Crippen molar-refractivity contribution in [2.24, 2.45) is 0 Å². The van der Waals surface area contributed by atoms with Crippen molar-refractivity contribution in [1.29, 1.82) is 0 Å². The number of halogens is 2. The zero-order valence-corrected chi connectivity index (χ0v) is 13.9. The lowest BCUT2D eigenvalue weighted by Crippen LogP contribution is -2.38. The fraction of sp³-hybridized carbons (Fsp3) is 0.538. The highest BCUT2D eigenvalue weighted by atomic mass is 79.9. The SMILES string of the molecule is CN(C1CCCCC1)S(=O)(=O)c1ccc(Br)cc1Cl. The maximum absolute atomic E-state index is 12.6. The molecule has 0 amide bonds. The number of nitrogens with zero attached hydrogens (tertiary/aromatic N) is 1. The molecular formula is C13H17BrClNO2S. The Bertz CT molecular complexity index is 556. The zero-order chi connectivity index (χ0) is 14.0. The maximum atomic E-state index is 12.6. The van der Waals surface area contributed by atoms with E-state index in [2.05, 4.69) is 15.9 Å². The summed E-state index contributed by atoms with van der Waals surface area (Å²) in [5, 5.41) is 0.261. The van der Waals surface area contributed by atoms with Crippen LogP contribution in [0.4, 0.5) is 0 Å². The van der Waals surface area contributed by atoms with Crippen LogP contribution in [-0.2, 0) is 10.0 Å². The van der Waals surface area contributed by atoms with Gasteiger partial charge < -0.3 is 0 Å². The van der Waals surface area contributed by atoms with Crippen LogP contribution in [0.5, 0.6) is 0 Å². The molecule has 0 N–H and O–H groups in total. The van der Waals surface area contributed by atoms with Crippen LogP contribution in [0.1, 0.15) is 32.1 Å². The van der Waals surface area contributed by atoms with E-state index in [-0.39, 0.29) is 16.0 Å². The van der Waals surface area contributed by atoms with E-state index in [1.807, 2.05) is 0 Å². The minimum absolute atomic E-state index is 0.0958. The average molecular weight is 367 g/mol. The fourth-order valence-electron chi connectivity index (χ4n) is 2.48. The zero-order valence-electron chi connectivity index (χ0n) is 10.8. The van der Waals surface area contributed by atoms with Gasteiger partial charge in [-0.1, -0.05) is 46.8 Å². The van der Waals surface area contributed by atoms with Crippen molar-refractivity contribution in [1.82, 2.24) is 4.31 Å². The van der Waals surface area contributed by atoms with Gasteiger partial charge in [-0.05, 0) is 31.0 Å². The van der Waals surface area contributed by atoms with Crippen molar-refractivity contribution in [3.8, 4) is 0 Å². The monoisotopic (exact) mass is 365 g/mol. The quantitative estimate of drug-likeness (QED) is 0.809. The molecule has 6 heteroatoms. The van der Waals surface area contributed by atoms with E-state index in [4.69, 9.17) is 11.6 Å². The lowest BCUT2D eigenvalue weighted by Gasteiger charge is -2.30. The summed E-state index contributed by atoms with van der Waals surface area (Å²) in [6.07, 6.45) is 5.26. The Kier molecular flexibility index (Phi) is 4.93. The van der Waals surface area contributed by atoms with E-state index in [0.717, 1.165) is 30.2 Å². The number of rotatable bonds is 3. The van der Waals surface area contributed by atoms with Gasteiger partial charge in [-0.25, -0.2) is 8.42 Å². The molecule has 0 saturated heterocycles. The van der Waals surface area contributed by atoms with E-state index in [1.54, 1.807) is 25.2 Å². The molecule has 0 atom stereocenters. The third kappa shape index (κ3) is 3.32. The third-order valence-corrected chi connectivity index (χ3v) is 6.53. The summed E-state index contributed by atoms with van der Waals surface area (Å²) in [5.74, 6) is 0. The first kappa shape index (κ1) is 15.3. The summed E-state index contributed by atoms with van der Waals surface area (Å²) in [7, 11) is -1.85. The lowest BCUT2D eigenvalue weighted by atomic mass is 9.96. The molecule has 3 nitrogen and oxygen atoms in total. The second-order valence-corrected chi connectivity index (χ2v) is 8.18. The van der Waals surface area contributed by atoms with Gasteiger partial charge in [0.15, 0.2) is 0 Å². The molecule has 1 aromatic carbocycles. The van der Waals surface area contributed by atoms with Crippen molar-refractivity contribution in [2.45, 2.75) is 43.0 Å². The highest BCUT2D eigenvalue weighted by Crippen LogP contribution is 2.31. The Morgan fingerprint density at radius 1 is 1.26 bits per heavy atom. The Hall–Kier alpha value is -0.100. The van der Waals surface area contributed by atoms with E-state index in [1.165, 1.54) is 10.7 Å². The second kappa shape index (κ2) is 6.12. The highest BCUT2D eigenvalue weighted by molar-refractivity contribution is 9.10. The summed E-state index contributed by atoms with van der Waals surface area (Å²) >= 11 is 9.34. The van der Waals surface area contributed by atoms with Gasteiger partial charge in [0.25, 0.3) is 0 Å². The van der Waals surface area contributed by atoms with Gasteiger partial charge >= 0.3 is 0 Å². The number of sulfonamides is 1. The van der Waals surface area contributed by atoms with Crippen molar-refractivity contribution < 1.29 is 8.42 Å². The molecule has 0 aromatic heterocycles. The Balaban J connectivity index is 2.30. The molecule has 0 bridgehead atoms. The molecule has 106 valence electrons. The fourth-order valence-corrected chi connectivity index (χ4v) is 4.91. The van der Waals surface area contributed by atoms with Gasteiger partial charge in [-0.15, -0.1) is 0 Å². The van der Waals surface area contributed by atoms with Gasteiger partial charge in [-0.2, -0.15) is 4.31 Å². The first-order chi connectivity index (χ1) is 8.93.